The number of carbonyl (C=O) groups excluding carboxylic acids is 1. The average Bonchev–Trinajstić information content (AvgIpc) is 3.39. The molecule has 8 nitrogen and oxygen atoms in total. The summed E-state index contributed by atoms with van der Waals surface area (Å²) in [6, 6.07) is 2.16. The number of carbonyl (C=O) groups is 1. The molecule has 0 bridgehead atoms. The zero-order valence-corrected chi connectivity index (χ0v) is 22.1. The third-order valence-corrected chi connectivity index (χ3v) is 6.86. The maximum atomic E-state index is 13.8. The molecule has 0 saturated carbocycles. The van der Waals surface area contributed by atoms with Gasteiger partial charge in [0.15, 0.2) is 5.72 Å². The third-order valence-electron chi connectivity index (χ3n) is 6.86. The molecule has 2 aromatic carbocycles. The Bertz CT molecular complexity index is 1390. The van der Waals surface area contributed by atoms with Crippen molar-refractivity contribution in [2.24, 2.45) is 0 Å². The van der Waals surface area contributed by atoms with Crippen LogP contribution < -0.4 is 9.80 Å². The van der Waals surface area contributed by atoms with E-state index in [-0.39, 0.29) is 36.2 Å². The van der Waals surface area contributed by atoms with Crippen LogP contribution in [0.25, 0.3) is 0 Å². The van der Waals surface area contributed by atoms with E-state index < -0.39 is 65.1 Å². The fourth-order valence-corrected chi connectivity index (χ4v) is 5.21. The third kappa shape index (κ3) is 6.23. The van der Waals surface area contributed by atoms with Crippen LogP contribution in [0.1, 0.15) is 61.1 Å². The zero-order valence-electron chi connectivity index (χ0n) is 22.1. The molecule has 3 aromatic rings. The highest BCUT2D eigenvalue weighted by molar-refractivity contribution is 5.63. The largest absolute Gasteiger partial charge is 0.442 e. The molecule has 228 valence electrons. The van der Waals surface area contributed by atoms with Gasteiger partial charge >= 0.3 is 18.5 Å². The lowest BCUT2D eigenvalue weighted by Gasteiger charge is -2.50. The fraction of sp³-hybridized carbons (Fsp3) is 0.440. The van der Waals surface area contributed by atoms with Crippen molar-refractivity contribution in [3.63, 3.8) is 0 Å². The van der Waals surface area contributed by atoms with Crippen molar-refractivity contribution in [3.8, 4) is 0 Å². The standard InChI is InChI=1S/C25H23F9N6O2/c1-13-6-20(18-10-15(23(26,27)28)4-5-19(18)40(13)22(2,3)42-12-41)39(21-35-37-38-36-21)11-14-7-16(24(29,30)31)9-17(8-14)25(32,33)34/h4-5,7-10,12-13,20H,6,11H2,1-3H3,(H,35,36,37,38). The molecule has 1 N–H and O–H groups in total. The molecule has 42 heavy (non-hydrogen) atoms. The van der Waals surface area contributed by atoms with Crippen molar-refractivity contribution >= 4 is 18.1 Å². The van der Waals surface area contributed by atoms with Crippen molar-refractivity contribution in [2.45, 2.75) is 70.1 Å². The molecular weight excluding hydrogens is 587 g/mol. The highest BCUT2D eigenvalue weighted by Crippen LogP contribution is 2.47. The molecule has 1 aliphatic rings. The summed E-state index contributed by atoms with van der Waals surface area (Å²) in [5.74, 6) is -0.279. The number of anilines is 2. The first-order chi connectivity index (χ1) is 19.3. The second-order valence-corrected chi connectivity index (χ2v) is 10.2. The number of hydrogen-bond donors (Lipinski definition) is 1. The number of alkyl halides is 9. The van der Waals surface area contributed by atoms with E-state index in [1.54, 1.807) is 11.8 Å². The molecule has 17 heteroatoms. The summed E-state index contributed by atoms with van der Waals surface area (Å²) in [4.78, 5) is 13.9. The van der Waals surface area contributed by atoms with Crippen LogP contribution >= 0.6 is 0 Å². The summed E-state index contributed by atoms with van der Waals surface area (Å²) in [5.41, 5.74) is -5.78. The lowest BCUT2D eigenvalue weighted by Crippen LogP contribution is -2.55. The first-order valence-electron chi connectivity index (χ1n) is 12.2. The Morgan fingerprint density at radius 1 is 0.952 bits per heavy atom. The molecule has 0 aliphatic carbocycles. The Morgan fingerprint density at radius 2 is 1.55 bits per heavy atom. The van der Waals surface area contributed by atoms with Crippen LogP contribution in [0.5, 0.6) is 0 Å². The van der Waals surface area contributed by atoms with Crippen LogP contribution in [0.2, 0.25) is 0 Å². The van der Waals surface area contributed by atoms with Gasteiger partial charge in [-0.05, 0) is 79.9 Å². The number of rotatable bonds is 7. The number of nitrogens with one attached hydrogen (secondary N) is 1. The molecule has 0 amide bonds. The quantitative estimate of drug-likeness (QED) is 0.241. The summed E-state index contributed by atoms with van der Waals surface area (Å²) in [5, 5.41) is 13.2. The van der Waals surface area contributed by atoms with Gasteiger partial charge in [-0.1, -0.05) is 5.10 Å². The number of ether oxygens (including phenoxy) is 1. The summed E-state index contributed by atoms with van der Waals surface area (Å²) in [7, 11) is 0. The lowest BCUT2D eigenvalue weighted by atomic mass is 9.87. The Hall–Kier alpha value is -4.05. The number of halogens is 9. The number of aromatic nitrogens is 4. The molecule has 0 saturated heterocycles. The Labute approximate surface area is 232 Å². The van der Waals surface area contributed by atoms with Crippen LogP contribution in [0.3, 0.4) is 0 Å². The number of benzene rings is 2. The molecule has 2 unspecified atom stereocenters. The summed E-state index contributed by atoms with van der Waals surface area (Å²) in [6.07, 6.45) is -15.1. The van der Waals surface area contributed by atoms with Gasteiger partial charge < -0.3 is 14.5 Å². The minimum atomic E-state index is -5.12. The number of fused-ring (bicyclic) bond motifs is 1. The minimum Gasteiger partial charge on any atom is -0.442 e. The van der Waals surface area contributed by atoms with Crippen LogP contribution in [0.4, 0.5) is 51.1 Å². The molecule has 0 spiro atoms. The summed E-state index contributed by atoms with van der Waals surface area (Å²) in [6.45, 7) is 4.22. The number of hydrogen-bond acceptors (Lipinski definition) is 7. The predicted molar refractivity (Wildman–Crippen MR) is 129 cm³/mol. The van der Waals surface area contributed by atoms with Crippen LogP contribution in [-0.4, -0.2) is 38.9 Å². The topological polar surface area (TPSA) is 87.2 Å². The molecule has 1 aliphatic heterocycles. The van der Waals surface area contributed by atoms with Crippen LogP contribution in [0, 0.1) is 0 Å². The second kappa shape index (κ2) is 10.7. The molecule has 0 radical (unpaired) electrons. The van der Waals surface area contributed by atoms with E-state index in [1.165, 1.54) is 18.7 Å². The maximum Gasteiger partial charge on any atom is 0.416 e. The second-order valence-electron chi connectivity index (χ2n) is 10.2. The van der Waals surface area contributed by atoms with E-state index in [0.717, 1.165) is 18.2 Å². The van der Waals surface area contributed by atoms with E-state index in [4.69, 9.17) is 4.74 Å². The predicted octanol–water partition coefficient (Wildman–Crippen LogP) is 6.51. The smallest absolute Gasteiger partial charge is 0.416 e. The van der Waals surface area contributed by atoms with E-state index in [0.29, 0.717) is 12.1 Å². The van der Waals surface area contributed by atoms with Gasteiger partial charge in [-0.25, -0.2) is 0 Å². The highest BCUT2D eigenvalue weighted by atomic mass is 19.4. The van der Waals surface area contributed by atoms with E-state index >= 15 is 0 Å². The Kier molecular flexibility index (Phi) is 7.84. The van der Waals surface area contributed by atoms with Gasteiger partial charge in [0.25, 0.3) is 12.4 Å². The van der Waals surface area contributed by atoms with E-state index in [9.17, 15) is 44.3 Å². The lowest BCUT2D eigenvalue weighted by molar-refractivity contribution is -0.143. The minimum absolute atomic E-state index is 0.00156. The molecular formula is C25H23F9N6O2. The fourth-order valence-electron chi connectivity index (χ4n) is 5.21. The van der Waals surface area contributed by atoms with Crippen molar-refractivity contribution < 1.29 is 49.0 Å². The van der Waals surface area contributed by atoms with Crippen LogP contribution in [-0.2, 0) is 34.6 Å². The molecule has 1 aromatic heterocycles. The Morgan fingerprint density at radius 3 is 2.05 bits per heavy atom. The zero-order chi connectivity index (χ0) is 31.3. The van der Waals surface area contributed by atoms with Gasteiger partial charge in [0.2, 0.25) is 0 Å². The van der Waals surface area contributed by atoms with Gasteiger partial charge in [0.1, 0.15) is 0 Å². The molecule has 2 heterocycles. The van der Waals surface area contributed by atoms with E-state index in [2.05, 4.69) is 20.6 Å². The van der Waals surface area contributed by atoms with Gasteiger partial charge in [-0.2, -0.15) is 44.7 Å². The van der Waals surface area contributed by atoms with Gasteiger partial charge in [-0.3, -0.25) is 4.79 Å². The van der Waals surface area contributed by atoms with Gasteiger partial charge in [0.05, 0.1) is 22.7 Å². The number of tetrazole rings is 1. The molecule has 2 atom stereocenters. The first-order valence-corrected chi connectivity index (χ1v) is 12.2. The Balaban J connectivity index is 1.91. The monoisotopic (exact) mass is 610 g/mol. The number of H-pyrrole nitrogens is 1. The average molecular weight is 610 g/mol. The highest BCUT2D eigenvalue weighted by Gasteiger charge is 2.44. The van der Waals surface area contributed by atoms with E-state index in [1.807, 2.05) is 0 Å². The van der Waals surface area contributed by atoms with Crippen LogP contribution in [0.15, 0.2) is 36.4 Å². The molecule has 0 fully saturated rings. The number of nitrogens with zero attached hydrogens (tertiary/aromatic N) is 5. The summed E-state index contributed by atoms with van der Waals surface area (Å²) < 4.78 is 128. The molecule has 4 rings (SSSR count). The number of aromatic amines is 1. The normalized spacial score (nSPS) is 18.0. The van der Waals surface area contributed by atoms with Crippen molar-refractivity contribution in [3.05, 3.63) is 64.2 Å². The van der Waals surface area contributed by atoms with Crippen molar-refractivity contribution in [2.75, 3.05) is 9.80 Å². The summed E-state index contributed by atoms with van der Waals surface area (Å²) >= 11 is 0. The van der Waals surface area contributed by atoms with Crippen molar-refractivity contribution in [1.29, 1.82) is 0 Å². The maximum absolute atomic E-state index is 13.8. The van der Waals surface area contributed by atoms with Gasteiger partial charge in [-0.15, -0.1) is 5.10 Å². The first kappa shape index (κ1) is 30.9. The SMILES string of the molecule is CC1CC(N(Cc2cc(C(F)(F)F)cc(C(F)(F)F)c2)c2nn[nH]n2)c2cc(C(F)(F)F)ccc2N1C(C)(C)OC=O. The van der Waals surface area contributed by atoms with Crippen molar-refractivity contribution in [1.82, 2.24) is 20.6 Å². The van der Waals surface area contributed by atoms with Gasteiger partial charge in [0, 0.05) is 18.3 Å².